The van der Waals surface area contributed by atoms with Gasteiger partial charge in [-0.05, 0) is 30.7 Å². The lowest BCUT2D eigenvalue weighted by Gasteiger charge is -2.08. The van der Waals surface area contributed by atoms with Crippen molar-refractivity contribution in [2.75, 3.05) is 5.32 Å². The first-order valence-electron chi connectivity index (χ1n) is 6.96. The van der Waals surface area contributed by atoms with Crippen molar-refractivity contribution in [2.45, 2.75) is 6.92 Å². The molecule has 0 aliphatic rings. The zero-order valence-corrected chi connectivity index (χ0v) is 12.7. The van der Waals surface area contributed by atoms with Gasteiger partial charge in [0.05, 0.1) is 23.1 Å². The van der Waals surface area contributed by atoms with Crippen molar-refractivity contribution in [1.82, 2.24) is 19.7 Å². The summed E-state index contributed by atoms with van der Waals surface area (Å²) in [7, 11) is 1.83. The monoisotopic (exact) mass is 309 g/mol. The molecule has 2 heterocycles. The van der Waals surface area contributed by atoms with Gasteiger partial charge in [-0.2, -0.15) is 5.10 Å². The normalized spacial score (nSPS) is 10.5. The lowest BCUT2D eigenvalue weighted by atomic mass is 10.0. The van der Waals surface area contributed by atoms with E-state index in [1.807, 2.05) is 20.2 Å². The number of anilines is 2. The highest BCUT2D eigenvalue weighted by Gasteiger charge is 2.09. The smallest absolute Gasteiger partial charge is 0.335 e. The van der Waals surface area contributed by atoms with E-state index in [9.17, 15) is 4.79 Å². The van der Waals surface area contributed by atoms with Crippen LogP contribution >= 0.6 is 0 Å². The van der Waals surface area contributed by atoms with Gasteiger partial charge < -0.3 is 10.4 Å². The molecular weight excluding hydrogens is 294 g/mol. The summed E-state index contributed by atoms with van der Waals surface area (Å²) < 4.78 is 1.68. The number of carbonyl (C=O) groups is 1. The molecule has 7 heteroatoms. The van der Waals surface area contributed by atoms with Crippen LogP contribution in [-0.4, -0.2) is 30.8 Å². The molecule has 0 atom stereocenters. The molecule has 3 aromatic rings. The molecule has 2 N–H and O–H groups in total. The maximum atomic E-state index is 11.0. The molecular formula is C16H15N5O2. The lowest BCUT2D eigenvalue weighted by Crippen LogP contribution is -2.00. The minimum absolute atomic E-state index is 0.258. The van der Waals surface area contributed by atoms with Crippen LogP contribution in [-0.2, 0) is 7.05 Å². The highest BCUT2D eigenvalue weighted by molar-refractivity contribution is 5.88. The van der Waals surface area contributed by atoms with Crippen LogP contribution in [0.4, 0.5) is 11.6 Å². The molecule has 1 aromatic carbocycles. The molecule has 0 fully saturated rings. The number of hydrogen-bond donors (Lipinski definition) is 2. The van der Waals surface area contributed by atoms with Crippen molar-refractivity contribution in [3.8, 4) is 11.3 Å². The molecule has 0 aliphatic carbocycles. The van der Waals surface area contributed by atoms with Crippen molar-refractivity contribution in [2.24, 2.45) is 7.05 Å². The van der Waals surface area contributed by atoms with Gasteiger partial charge in [0.25, 0.3) is 0 Å². The maximum absolute atomic E-state index is 11.0. The summed E-state index contributed by atoms with van der Waals surface area (Å²) in [6.45, 7) is 1.86. The maximum Gasteiger partial charge on any atom is 0.335 e. The minimum Gasteiger partial charge on any atom is -0.478 e. The first-order valence-corrected chi connectivity index (χ1v) is 6.96. The van der Waals surface area contributed by atoms with Crippen molar-refractivity contribution in [1.29, 1.82) is 0 Å². The molecule has 0 unspecified atom stereocenters. The second kappa shape index (κ2) is 5.88. The van der Waals surface area contributed by atoms with Crippen molar-refractivity contribution in [3.63, 3.8) is 0 Å². The van der Waals surface area contributed by atoms with Gasteiger partial charge in [0.2, 0.25) is 5.95 Å². The third-order valence-corrected chi connectivity index (χ3v) is 3.37. The Kier molecular flexibility index (Phi) is 3.76. The van der Waals surface area contributed by atoms with Gasteiger partial charge in [0, 0.05) is 25.0 Å². The Labute approximate surface area is 132 Å². The van der Waals surface area contributed by atoms with E-state index < -0.39 is 5.97 Å². The third kappa shape index (κ3) is 3.18. The molecule has 0 saturated heterocycles. The fraction of sp³-hybridized carbons (Fsp3) is 0.125. The first-order chi connectivity index (χ1) is 11.0. The van der Waals surface area contributed by atoms with Crippen molar-refractivity contribution < 1.29 is 9.90 Å². The highest BCUT2D eigenvalue weighted by atomic mass is 16.4. The van der Waals surface area contributed by atoms with Gasteiger partial charge in [0.15, 0.2) is 0 Å². The molecule has 2 aromatic heterocycles. The number of carboxylic acid groups (broad SMARTS) is 1. The minimum atomic E-state index is -0.943. The Morgan fingerprint density at radius 1 is 1.30 bits per heavy atom. The second-order valence-corrected chi connectivity index (χ2v) is 5.13. The topological polar surface area (TPSA) is 92.9 Å². The summed E-state index contributed by atoms with van der Waals surface area (Å²) in [4.78, 5) is 19.7. The largest absolute Gasteiger partial charge is 0.478 e. The standard InChI is InChI=1S/C16H15N5O2/c1-10-7-11(15(22)23)3-4-13(10)14-5-6-17-16(20-14)19-12-8-18-21(2)9-12/h3-9H,1-2H3,(H,22,23)(H,17,19,20). The second-order valence-electron chi connectivity index (χ2n) is 5.13. The van der Waals surface area contributed by atoms with Crippen LogP contribution in [0, 0.1) is 6.92 Å². The SMILES string of the molecule is Cc1cc(C(=O)O)ccc1-c1ccnc(Nc2cnn(C)c2)n1. The van der Waals surface area contributed by atoms with E-state index in [0.717, 1.165) is 22.5 Å². The summed E-state index contributed by atoms with van der Waals surface area (Å²) in [6, 6.07) is 6.75. The van der Waals surface area contributed by atoms with Gasteiger partial charge in [-0.25, -0.2) is 14.8 Å². The third-order valence-electron chi connectivity index (χ3n) is 3.37. The van der Waals surface area contributed by atoms with E-state index in [0.29, 0.717) is 5.95 Å². The molecule has 116 valence electrons. The summed E-state index contributed by atoms with van der Waals surface area (Å²) in [5.74, 6) is -0.488. The van der Waals surface area contributed by atoms with Crippen LogP contribution in [0.1, 0.15) is 15.9 Å². The lowest BCUT2D eigenvalue weighted by molar-refractivity contribution is 0.0697. The van der Waals surface area contributed by atoms with E-state index in [1.165, 1.54) is 0 Å². The summed E-state index contributed by atoms with van der Waals surface area (Å²) in [5.41, 5.74) is 3.49. The number of nitrogens with one attached hydrogen (secondary N) is 1. The van der Waals surface area contributed by atoms with E-state index >= 15 is 0 Å². The molecule has 0 saturated carbocycles. The van der Waals surface area contributed by atoms with Crippen LogP contribution in [0.2, 0.25) is 0 Å². The Hall–Kier alpha value is -3.22. The number of aromatic nitrogens is 4. The zero-order chi connectivity index (χ0) is 16.4. The van der Waals surface area contributed by atoms with Crippen LogP contribution in [0.15, 0.2) is 42.9 Å². The van der Waals surface area contributed by atoms with E-state index in [4.69, 9.17) is 5.11 Å². The molecule has 7 nitrogen and oxygen atoms in total. The number of carboxylic acids is 1. The average Bonchev–Trinajstić information content (AvgIpc) is 2.92. The highest BCUT2D eigenvalue weighted by Crippen LogP contribution is 2.23. The van der Waals surface area contributed by atoms with Crippen LogP contribution in [0.25, 0.3) is 11.3 Å². The van der Waals surface area contributed by atoms with Crippen molar-refractivity contribution in [3.05, 3.63) is 54.0 Å². The number of rotatable bonds is 4. The fourth-order valence-electron chi connectivity index (χ4n) is 2.27. The van der Waals surface area contributed by atoms with E-state index in [-0.39, 0.29) is 5.56 Å². The summed E-state index contributed by atoms with van der Waals surface area (Å²) in [6.07, 6.45) is 5.16. The van der Waals surface area contributed by atoms with E-state index in [1.54, 1.807) is 41.3 Å². The van der Waals surface area contributed by atoms with Crippen molar-refractivity contribution >= 4 is 17.6 Å². The van der Waals surface area contributed by atoms with Gasteiger partial charge >= 0.3 is 5.97 Å². The van der Waals surface area contributed by atoms with Crippen LogP contribution < -0.4 is 5.32 Å². The number of aromatic carboxylic acids is 1. The predicted molar refractivity (Wildman–Crippen MR) is 85.7 cm³/mol. The number of nitrogens with zero attached hydrogens (tertiary/aromatic N) is 4. The molecule has 23 heavy (non-hydrogen) atoms. The first kappa shape index (κ1) is 14.7. The fourth-order valence-corrected chi connectivity index (χ4v) is 2.27. The van der Waals surface area contributed by atoms with E-state index in [2.05, 4.69) is 20.4 Å². The molecule has 0 aliphatic heterocycles. The predicted octanol–water partition coefficient (Wildman–Crippen LogP) is 2.63. The molecule has 0 amide bonds. The Morgan fingerprint density at radius 3 is 2.78 bits per heavy atom. The Morgan fingerprint density at radius 2 is 2.13 bits per heavy atom. The Bertz CT molecular complexity index is 872. The van der Waals surface area contributed by atoms with Gasteiger partial charge in [-0.1, -0.05) is 6.07 Å². The van der Waals surface area contributed by atoms with Gasteiger partial charge in [-0.15, -0.1) is 0 Å². The Balaban J connectivity index is 1.92. The number of hydrogen-bond acceptors (Lipinski definition) is 5. The van der Waals surface area contributed by atoms with Gasteiger partial charge in [-0.3, -0.25) is 4.68 Å². The molecule has 0 bridgehead atoms. The zero-order valence-electron chi connectivity index (χ0n) is 12.7. The number of benzene rings is 1. The molecule has 0 radical (unpaired) electrons. The summed E-state index contributed by atoms with van der Waals surface area (Å²) in [5, 5.41) is 16.2. The van der Waals surface area contributed by atoms with Crippen LogP contribution in [0.5, 0.6) is 0 Å². The summed E-state index contributed by atoms with van der Waals surface area (Å²) >= 11 is 0. The van der Waals surface area contributed by atoms with Crippen LogP contribution in [0.3, 0.4) is 0 Å². The molecule has 0 spiro atoms. The number of aryl methyl sites for hydroxylation is 2. The average molecular weight is 309 g/mol. The van der Waals surface area contributed by atoms with Gasteiger partial charge in [0.1, 0.15) is 0 Å². The molecule has 3 rings (SSSR count). The quantitative estimate of drug-likeness (QED) is 0.769.